The summed E-state index contributed by atoms with van der Waals surface area (Å²) in [6, 6.07) is 12.0. The molecule has 3 rings (SSSR count). The van der Waals surface area contributed by atoms with Crippen molar-refractivity contribution >= 4 is 27.6 Å². The lowest BCUT2D eigenvalue weighted by molar-refractivity contribution is -0.120. The number of sulfonamides is 1. The summed E-state index contributed by atoms with van der Waals surface area (Å²) < 4.78 is 32.2. The predicted octanol–water partition coefficient (Wildman–Crippen LogP) is 2.43. The van der Waals surface area contributed by atoms with Gasteiger partial charge in [0.1, 0.15) is 5.75 Å². The number of hydrogen-bond donors (Lipinski definition) is 2. The first kappa shape index (κ1) is 20.8. The molecule has 0 aromatic heterocycles. The van der Waals surface area contributed by atoms with Gasteiger partial charge in [-0.05, 0) is 61.4 Å². The first-order valence-electron chi connectivity index (χ1n) is 9.09. The van der Waals surface area contributed by atoms with Crippen molar-refractivity contribution in [3.63, 3.8) is 0 Å². The Balaban J connectivity index is 1.68. The minimum Gasteiger partial charge on any atom is -0.497 e. The fraction of sp³-hybridized carbons (Fsp3) is 0.300. The molecule has 154 valence electrons. The summed E-state index contributed by atoms with van der Waals surface area (Å²) >= 11 is 0. The molecule has 9 heteroatoms. The maximum Gasteiger partial charge on any atom is 0.335 e. The van der Waals surface area contributed by atoms with Gasteiger partial charge in [-0.1, -0.05) is 0 Å². The van der Waals surface area contributed by atoms with Crippen LogP contribution >= 0.6 is 0 Å². The second kappa shape index (κ2) is 8.62. The average Bonchev–Trinajstić information content (AvgIpc) is 2.74. The number of hydrogen-bond acceptors (Lipinski definition) is 5. The van der Waals surface area contributed by atoms with E-state index in [-0.39, 0.29) is 22.9 Å². The van der Waals surface area contributed by atoms with Gasteiger partial charge in [0, 0.05) is 18.8 Å². The Bertz CT molecular complexity index is 987. The van der Waals surface area contributed by atoms with Gasteiger partial charge in [-0.15, -0.1) is 0 Å². The van der Waals surface area contributed by atoms with Crippen LogP contribution in [-0.2, 0) is 14.8 Å². The van der Waals surface area contributed by atoms with Crippen molar-refractivity contribution in [2.24, 2.45) is 5.92 Å². The summed E-state index contributed by atoms with van der Waals surface area (Å²) in [6.45, 7) is 0.443. The number of carbonyl (C=O) groups excluding carboxylic acids is 1. The molecule has 0 radical (unpaired) electrons. The van der Waals surface area contributed by atoms with Gasteiger partial charge in [0.05, 0.1) is 23.5 Å². The van der Waals surface area contributed by atoms with E-state index in [1.807, 2.05) is 0 Å². The highest BCUT2D eigenvalue weighted by Gasteiger charge is 2.33. The molecule has 1 aliphatic heterocycles. The van der Waals surface area contributed by atoms with E-state index >= 15 is 0 Å². The van der Waals surface area contributed by atoms with E-state index in [9.17, 15) is 18.0 Å². The van der Waals surface area contributed by atoms with Crippen LogP contribution in [-0.4, -0.2) is 49.9 Å². The van der Waals surface area contributed by atoms with Gasteiger partial charge in [0.15, 0.2) is 0 Å². The van der Waals surface area contributed by atoms with Crippen molar-refractivity contribution in [2.75, 3.05) is 25.5 Å². The van der Waals surface area contributed by atoms with Crippen molar-refractivity contribution in [3.8, 4) is 5.75 Å². The number of nitrogens with one attached hydrogen (secondary N) is 1. The highest BCUT2D eigenvalue weighted by Crippen LogP contribution is 2.26. The third-order valence-corrected chi connectivity index (χ3v) is 6.73. The van der Waals surface area contributed by atoms with Gasteiger partial charge >= 0.3 is 5.97 Å². The van der Waals surface area contributed by atoms with Crippen molar-refractivity contribution < 1.29 is 27.9 Å². The molecule has 1 fully saturated rings. The zero-order valence-corrected chi connectivity index (χ0v) is 16.7. The number of rotatable bonds is 6. The Morgan fingerprint density at radius 2 is 1.76 bits per heavy atom. The zero-order chi connectivity index (χ0) is 21.0. The number of carboxylic acids is 1. The number of methoxy groups -OCH3 is 1. The van der Waals surface area contributed by atoms with Gasteiger partial charge in [0.2, 0.25) is 15.9 Å². The van der Waals surface area contributed by atoms with E-state index in [2.05, 4.69) is 5.32 Å². The standard InChI is InChI=1S/C20H22N2O6S/c1-28-17-8-10-18(11-9-17)29(26,27)22-12-2-3-15(13-22)19(23)21-16-6-4-14(5-7-16)20(24)25/h4-11,15H,2-3,12-13H2,1H3,(H,21,23)(H,24,25). The number of ether oxygens (including phenoxy) is 1. The molecule has 1 atom stereocenters. The number of carboxylic acid groups (broad SMARTS) is 1. The molecule has 1 saturated heterocycles. The number of carbonyl (C=O) groups is 2. The Labute approximate surface area is 169 Å². The summed E-state index contributed by atoms with van der Waals surface area (Å²) in [4.78, 5) is 23.7. The summed E-state index contributed by atoms with van der Waals surface area (Å²) in [6.07, 6.45) is 1.15. The van der Waals surface area contributed by atoms with E-state index < -0.39 is 21.9 Å². The molecule has 1 unspecified atom stereocenters. The lowest BCUT2D eigenvalue weighted by atomic mass is 9.98. The van der Waals surface area contributed by atoms with E-state index in [1.54, 1.807) is 12.1 Å². The molecule has 29 heavy (non-hydrogen) atoms. The molecule has 2 N–H and O–H groups in total. The van der Waals surface area contributed by atoms with Gasteiger partial charge in [-0.2, -0.15) is 4.31 Å². The predicted molar refractivity (Wildman–Crippen MR) is 107 cm³/mol. The Morgan fingerprint density at radius 3 is 2.34 bits per heavy atom. The molecule has 8 nitrogen and oxygen atoms in total. The molecule has 1 aliphatic rings. The van der Waals surface area contributed by atoms with Crippen LogP contribution in [0.4, 0.5) is 5.69 Å². The second-order valence-electron chi connectivity index (χ2n) is 6.75. The topological polar surface area (TPSA) is 113 Å². The minimum absolute atomic E-state index is 0.0907. The van der Waals surface area contributed by atoms with Crippen LogP contribution in [0.1, 0.15) is 23.2 Å². The van der Waals surface area contributed by atoms with Crippen molar-refractivity contribution in [1.29, 1.82) is 0 Å². The number of nitrogens with zero attached hydrogens (tertiary/aromatic N) is 1. The van der Waals surface area contributed by atoms with Crippen LogP contribution in [0.3, 0.4) is 0 Å². The lowest BCUT2D eigenvalue weighted by Gasteiger charge is -2.31. The van der Waals surface area contributed by atoms with E-state index in [1.165, 1.54) is 47.8 Å². The van der Waals surface area contributed by atoms with Crippen LogP contribution in [0.2, 0.25) is 0 Å². The number of benzene rings is 2. The fourth-order valence-corrected chi connectivity index (χ4v) is 4.74. The summed E-state index contributed by atoms with van der Waals surface area (Å²) in [5.41, 5.74) is 0.590. The Hall–Kier alpha value is -2.91. The zero-order valence-electron chi connectivity index (χ0n) is 15.9. The number of aromatic carboxylic acids is 1. The lowest BCUT2D eigenvalue weighted by Crippen LogP contribution is -2.43. The monoisotopic (exact) mass is 418 g/mol. The van der Waals surface area contributed by atoms with Gasteiger partial charge in [-0.25, -0.2) is 13.2 Å². The molecule has 0 bridgehead atoms. The first-order chi connectivity index (χ1) is 13.8. The van der Waals surface area contributed by atoms with E-state index in [0.29, 0.717) is 30.8 Å². The minimum atomic E-state index is -3.71. The van der Waals surface area contributed by atoms with Gasteiger partial charge < -0.3 is 15.2 Å². The van der Waals surface area contributed by atoms with Crippen LogP contribution in [0, 0.1) is 5.92 Å². The molecule has 1 heterocycles. The number of anilines is 1. The smallest absolute Gasteiger partial charge is 0.335 e. The normalized spacial score (nSPS) is 17.5. The highest BCUT2D eigenvalue weighted by molar-refractivity contribution is 7.89. The van der Waals surface area contributed by atoms with Gasteiger partial charge in [-0.3, -0.25) is 4.79 Å². The molecule has 0 spiro atoms. The fourth-order valence-electron chi connectivity index (χ4n) is 3.21. The summed E-state index contributed by atoms with van der Waals surface area (Å²) in [5, 5.41) is 11.7. The van der Waals surface area contributed by atoms with E-state index in [0.717, 1.165) is 0 Å². The molecule has 0 aliphatic carbocycles. The summed E-state index contributed by atoms with van der Waals surface area (Å²) in [5.74, 6) is -1.26. The highest BCUT2D eigenvalue weighted by atomic mass is 32.2. The number of amides is 1. The van der Waals surface area contributed by atoms with Crippen LogP contribution in [0.5, 0.6) is 5.75 Å². The third kappa shape index (κ3) is 4.75. The van der Waals surface area contributed by atoms with Crippen molar-refractivity contribution in [3.05, 3.63) is 54.1 Å². The molecule has 0 saturated carbocycles. The molecule has 2 aromatic rings. The Kier molecular flexibility index (Phi) is 6.19. The third-order valence-electron chi connectivity index (χ3n) is 4.85. The van der Waals surface area contributed by atoms with Crippen LogP contribution in [0.15, 0.2) is 53.4 Å². The first-order valence-corrected chi connectivity index (χ1v) is 10.5. The maximum atomic E-state index is 12.9. The Morgan fingerprint density at radius 1 is 1.10 bits per heavy atom. The van der Waals surface area contributed by atoms with Crippen LogP contribution < -0.4 is 10.1 Å². The summed E-state index contributed by atoms with van der Waals surface area (Å²) in [7, 11) is -2.20. The molecule has 1 amide bonds. The SMILES string of the molecule is COc1ccc(S(=O)(=O)N2CCCC(C(=O)Nc3ccc(C(=O)O)cc3)C2)cc1. The quantitative estimate of drug-likeness (QED) is 0.745. The molecular formula is C20H22N2O6S. The van der Waals surface area contributed by atoms with E-state index in [4.69, 9.17) is 9.84 Å². The number of piperidine rings is 1. The second-order valence-corrected chi connectivity index (χ2v) is 8.69. The van der Waals surface area contributed by atoms with Crippen LogP contribution in [0.25, 0.3) is 0 Å². The maximum absolute atomic E-state index is 12.9. The van der Waals surface area contributed by atoms with Crippen molar-refractivity contribution in [2.45, 2.75) is 17.7 Å². The average molecular weight is 418 g/mol. The molecular weight excluding hydrogens is 396 g/mol. The largest absolute Gasteiger partial charge is 0.497 e. The van der Waals surface area contributed by atoms with Crippen molar-refractivity contribution in [1.82, 2.24) is 4.31 Å². The molecule has 2 aromatic carbocycles. The van der Waals surface area contributed by atoms with Gasteiger partial charge in [0.25, 0.3) is 0 Å².